The Labute approximate surface area is 99.4 Å². The van der Waals surface area contributed by atoms with Crippen LogP contribution < -0.4 is 0 Å². The van der Waals surface area contributed by atoms with Gasteiger partial charge >= 0.3 is 0 Å². The molecule has 2 fully saturated rings. The summed E-state index contributed by atoms with van der Waals surface area (Å²) in [7, 11) is 0. The van der Waals surface area contributed by atoms with E-state index in [0.717, 1.165) is 5.92 Å². The van der Waals surface area contributed by atoms with Gasteiger partial charge in [0.15, 0.2) is 0 Å². The molecular weight excluding hydrogens is 200 g/mol. The molecule has 0 radical (unpaired) electrons. The highest BCUT2D eigenvalue weighted by Crippen LogP contribution is 2.29. The normalized spacial score (nSPS) is 34.1. The second-order valence-corrected chi connectivity index (χ2v) is 5.83. The van der Waals surface area contributed by atoms with Crippen LogP contribution in [0.1, 0.15) is 58.3 Å². The minimum atomic E-state index is -0.207. The van der Waals surface area contributed by atoms with E-state index in [1.54, 1.807) is 0 Å². The van der Waals surface area contributed by atoms with Crippen LogP contribution in [0.3, 0.4) is 0 Å². The summed E-state index contributed by atoms with van der Waals surface area (Å²) < 4.78 is 5.86. The van der Waals surface area contributed by atoms with Gasteiger partial charge in [-0.05, 0) is 50.4 Å². The molecule has 0 aromatic carbocycles. The zero-order valence-electron chi connectivity index (χ0n) is 10.5. The Balaban J connectivity index is 1.62. The molecule has 0 aromatic heterocycles. The van der Waals surface area contributed by atoms with E-state index in [1.165, 1.54) is 51.4 Å². The second kappa shape index (κ2) is 6.02. The van der Waals surface area contributed by atoms with Gasteiger partial charge in [0.25, 0.3) is 0 Å². The predicted molar refractivity (Wildman–Crippen MR) is 65.3 cm³/mol. The van der Waals surface area contributed by atoms with Crippen LogP contribution in [0.4, 0.5) is 0 Å². The molecule has 1 atom stereocenters. The maximum atomic E-state index is 10.0. The smallest absolute Gasteiger partial charge is 0.0801 e. The summed E-state index contributed by atoms with van der Waals surface area (Å²) in [5.41, 5.74) is 0. The fraction of sp³-hybridized carbons (Fsp3) is 1.00. The van der Waals surface area contributed by atoms with E-state index in [0.29, 0.717) is 18.6 Å². The van der Waals surface area contributed by atoms with E-state index in [2.05, 4.69) is 6.92 Å². The summed E-state index contributed by atoms with van der Waals surface area (Å²) in [6.07, 6.45) is 10.2. The third-order valence-corrected chi connectivity index (χ3v) is 4.41. The SMILES string of the molecule is CC1CCC(OCC(O)C2CCCC2)CC1. The molecule has 2 saturated carbocycles. The van der Waals surface area contributed by atoms with Crippen molar-refractivity contribution in [3.05, 3.63) is 0 Å². The van der Waals surface area contributed by atoms with Crippen molar-refractivity contribution >= 4 is 0 Å². The molecular formula is C14H26O2. The fourth-order valence-electron chi connectivity index (χ4n) is 3.11. The zero-order chi connectivity index (χ0) is 11.4. The van der Waals surface area contributed by atoms with Crippen LogP contribution in [0.2, 0.25) is 0 Å². The number of hydrogen-bond donors (Lipinski definition) is 1. The molecule has 0 saturated heterocycles. The second-order valence-electron chi connectivity index (χ2n) is 5.83. The van der Waals surface area contributed by atoms with Gasteiger partial charge in [0.05, 0.1) is 18.8 Å². The highest BCUT2D eigenvalue weighted by molar-refractivity contribution is 4.76. The largest absolute Gasteiger partial charge is 0.390 e. The Morgan fingerprint density at radius 1 is 1.06 bits per heavy atom. The molecule has 2 nitrogen and oxygen atoms in total. The van der Waals surface area contributed by atoms with Gasteiger partial charge in [-0.25, -0.2) is 0 Å². The van der Waals surface area contributed by atoms with Crippen molar-refractivity contribution < 1.29 is 9.84 Å². The lowest BCUT2D eigenvalue weighted by atomic mass is 9.89. The molecule has 0 aliphatic heterocycles. The van der Waals surface area contributed by atoms with Crippen molar-refractivity contribution in [2.45, 2.75) is 70.5 Å². The number of rotatable bonds is 4. The molecule has 0 spiro atoms. The lowest BCUT2D eigenvalue weighted by molar-refractivity contribution is -0.0454. The van der Waals surface area contributed by atoms with Gasteiger partial charge in [0, 0.05) is 0 Å². The quantitative estimate of drug-likeness (QED) is 0.798. The third-order valence-electron chi connectivity index (χ3n) is 4.41. The van der Waals surface area contributed by atoms with Crippen LogP contribution in [0.5, 0.6) is 0 Å². The molecule has 1 unspecified atom stereocenters. The van der Waals surface area contributed by atoms with Crippen LogP contribution in [-0.2, 0) is 4.74 Å². The summed E-state index contributed by atoms with van der Waals surface area (Å²) in [6.45, 7) is 2.90. The average Bonchev–Trinajstić information content (AvgIpc) is 2.81. The summed E-state index contributed by atoms with van der Waals surface area (Å²) >= 11 is 0. The third kappa shape index (κ3) is 3.46. The molecule has 1 N–H and O–H groups in total. The molecule has 0 heterocycles. The Morgan fingerprint density at radius 3 is 2.31 bits per heavy atom. The van der Waals surface area contributed by atoms with Gasteiger partial charge in [-0.1, -0.05) is 19.8 Å². The van der Waals surface area contributed by atoms with E-state index in [1.807, 2.05) is 0 Å². The van der Waals surface area contributed by atoms with Crippen LogP contribution in [-0.4, -0.2) is 23.9 Å². The first-order valence-electron chi connectivity index (χ1n) is 7.05. The molecule has 0 aromatic rings. The lowest BCUT2D eigenvalue weighted by Gasteiger charge is -2.28. The monoisotopic (exact) mass is 226 g/mol. The van der Waals surface area contributed by atoms with Crippen LogP contribution >= 0.6 is 0 Å². The first-order valence-corrected chi connectivity index (χ1v) is 7.05. The highest BCUT2D eigenvalue weighted by Gasteiger charge is 2.25. The van der Waals surface area contributed by atoms with Crippen LogP contribution in [0.15, 0.2) is 0 Å². The van der Waals surface area contributed by atoms with Crippen LogP contribution in [0.25, 0.3) is 0 Å². The van der Waals surface area contributed by atoms with E-state index >= 15 is 0 Å². The standard InChI is InChI=1S/C14H26O2/c1-11-6-8-13(9-7-11)16-10-14(15)12-4-2-3-5-12/h11-15H,2-10H2,1H3. The summed E-state index contributed by atoms with van der Waals surface area (Å²) in [5, 5.41) is 10.0. The van der Waals surface area contributed by atoms with Gasteiger partial charge < -0.3 is 9.84 Å². The predicted octanol–water partition coefficient (Wildman–Crippen LogP) is 3.13. The Morgan fingerprint density at radius 2 is 1.69 bits per heavy atom. The van der Waals surface area contributed by atoms with Gasteiger partial charge in [0.2, 0.25) is 0 Å². The summed E-state index contributed by atoms with van der Waals surface area (Å²) in [5.74, 6) is 1.39. The molecule has 2 heteroatoms. The van der Waals surface area contributed by atoms with Crippen molar-refractivity contribution in [2.24, 2.45) is 11.8 Å². The van der Waals surface area contributed by atoms with E-state index in [-0.39, 0.29) is 6.10 Å². The fourth-order valence-corrected chi connectivity index (χ4v) is 3.11. The van der Waals surface area contributed by atoms with Crippen molar-refractivity contribution in [1.29, 1.82) is 0 Å². The van der Waals surface area contributed by atoms with Crippen LogP contribution in [0, 0.1) is 11.8 Å². The molecule has 0 bridgehead atoms. The maximum absolute atomic E-state index is 10.0. The minimum absolute atomic E-state index is 0.207. The summed E-state index contributed by atoms with van der Waals surface area (Å²) in [6, 6.07) is 0. The molecule has 2 aliphatic rings. The van der Waals surface area contributed by atoms with Crippen molar-refractivity contribution in [2.75, 3.05) is 6.61 Å². The molecule has 2 rings (SSSR count). The Bertz CT molecular complexity index is 191. The van der Waals surface area contributed by atoms with E-state index < -0.39 is 0 Å². The Kier molecular flexibility index (Phi) is 4.66. The topological polar surface area (TPSA) is 29.5 Å². The van der Waals surface area contributed by atoms with Crippen molar-refractivity contribution in [1.82, 2.24) is 0 Å². The highest BCUT2D eigenvalue weighted by atomic mass is 16.5. The zero-order valence-corrected chi connectivity index (χ0v) is 10.5. The van der Waals surface area contributed by atoms with E-state index in [4.69, 9.17) is 4.74 Å². The number of ether oxygens (including phenoxy) is 1. The molecule has 16 heavy (non-hydrogen) atoms. The minimum Gasteiger partial charge on any atom is -0.390 e. The molecule has 0 amide bonds. The maximum Gasteiger partial charge on any atom is 0.0801 e. The van der Waals surface area contributed by atoms with Gasteiger partial charge in [-0.15, -0.1) is 0 Å². The Hall–Kier alpha value is -0.0800. The molecule has 2 aliphatic carbocycles. The first-order chi connectivity index (χ1) is 7.75. The first kappa shape index (κ1) is 12.4. The molecule has 94 valence electrons. The van der Waals surface area contributed by atoms with Gasteiger partial charge in [-0.2, -0.15) is 0 Å². The number of hydrogen-bond acceptors (Lipinski definition) is 2. The lowest BCUT2D eigenvalue weighted by Crippen LogP contribution is -2.29. The number of aliphatic hydroxyl groups excluding tert-OH is 1. The van der Waals surface area contributed by atoms with Gasteiger partial charge in [-0.3, -0.25) is 0 Å². The summed E-state index contributed by atoms with van der Waals surface area (Å²) in [4.78, 5) is 0. The van der Waals surface area contributed by atoms with Gasteiger partial charge in [0.1, 0.15) is 0 Å². The average molecular weight is 226 g/mol. The van der Waals surface area contributed by atoms with E-state index in [9.17, 15) is 5.11 Å². The van der Waals surface area contributed by atoms with Crippen molar-refractivity contribution in [3.63, 3.8) is 0 Å². The number of aliphatic hydroxyl groups is 1. The van der Waals surface area contributed by atoms with Crippen molar-refractivity contribution in [3.8, 4) is 0 Å².